The molecule has 86 valence electrons. The number of primary amides is 1. The lowest BCUT2D eigenvalue weighted by Crippen LogP contribution is -2.26. The Morgan fingerprint density at radius 1 is 1.56 bits per heavy atom. The van der Waals surface area contributed by atoms with Crippen molar-refractivity contribution in [2.75, 3.05) is 7.05 Å². The van der Waals surface area contributed by atoms with Gasteiger partial charge in [0.15, 0.2) is 5.69 Å². The molecule has 1 rings (SSSR count). The fraction of sp³-hybridized carbons (Fsp3) is 0.143. The van der Waals surface area contributed by atoms with Gasteiger partial charge in [-0.05, 0) is 6.07 Å². The molecule has 0 spiro atoms. The predicted octanol–water partition coefficient (Wildman–Crippen LogP) is -0.147. The van der Waals surface area contributed by atoms with Gasteiger partial charge in [0.2, 0.25) is 0 Å². The molecular weight excluding hydrogens is 218 g/mol. The third-order valence-corrected chi connectivity index (χ3v) is 1.24. The highest BCUT2D eigenvalue weighted by atomic mass is 16.4. The maximum Gasteiger partial charge on any atom is 0.354 e. The first-order chi connectivity index (χ1) is 7.49. The van der Waals surface area contributed by atoms with Crippen LogP contribution in [-0.4, -0.2) is 39.1 Å². The second-order valence-electron chi connectivity index (χ2n) is 2.34. The smallest absolute Gasteiger partial charge is 0.354 e. The largest absolute Gasteiger partial charge is 0.477 e. The van der Waals surface area contributed by atoms with Crippen molar-refractivity contribution in [3.8, 4) is 0 Å². The summed E-state index contributed by atoms with van der Waals surface area (Å²) in [7, 11) is 1.18. The Labute approximate surface area is 89.9 Å². The van der Waals surface area contributed by atoms with Crippen LogP contribution in [0, 0.1) is 4.91 Å². The standard InChI is InChI=1S/C5H4N2O2.C2H5N3O2/c8-5(9)4-1-2-6-3-7-4;1-5(4-7)2(3)6/h1-3H,(H,8,9);1H3,(H2,3,6). The minimum absolute atomic E-state index is 0.0185. The summed E-state index contributed by atoms with van der Waals surface area (Å²) in [4.78, 5) is 36.2. The summed E-state index contributed by atoms with van der Waals surface area (Å²) in [6.07, 6.45) is 2.58. The summed E-state index contributed by atoms with van der Waals surface area (Å²) >= 11 is 0. The zero-order valence-corrected chi connectivity index (χ0v) is 8.27. The van der Waals surface area contributed by atoms with Crippen LogP contribution in [0.2, 0.25) is 0 Å². The Balaban J connectivity index is 0.000000293. The van der Waals surface area contributed by atoms with Gasteiger partial charge in [-0.15, -0.1) is 4.91 Å². The highest BCUT2D eigenvalue weighted by molar-refractivity contribution is 5.84. The third kappa shape index (κ3) is 5.21. The maximum atomic E-state index is 10.1. The summed E-state index contributed by atoms with van der Waals surface area (Å²) < 4.78 is 0. The van der Waals surface area contributed by atoms with Crippen LogP contribution in [-0.2, 0) is 0 Å². The van der Waals surface area contributed by atoms with Crippen molar-refractivity contribution in [2.24, 2.45) is 11.0 Å². The zero-order chi connectivity index (χ0) is 12.6. The van der Waals surface area contributed by atoms with Gasteiger partial charge in [0.1, 0.15) is 6.33 Å². The second-order valence-corrected chi connectivity index (χ2v) is 2.34. The number of carboxylic acid groups (broad SMARTS) is 1. The summed E-state index contributed by atoms with van der Waals surface area (Å²) in [5, 5.41) is 11.0. The summed E-state index contributed by atoms with van der Waals surface area (Å²) in [6.45, 7) is 0. The Morgan fingerprint density at radius 3 is 2.38 bits per heavy atom. The van der Waals surface area contributed by atoms with Crippen molar-refractivity contribution >= 4 is 12.0 Å². The quantitative estimate of drug-likeness (QED) is 0.532. The van der Waals surface area contributed by atoms with E-state index in [0.717, 1.165) is 0 Å². The number of carbonyl (C=O) groups is 2. The Hall–Kier alpha value is -2.58. The number of urea groups is 1. The lowest BCUT2D eigenvalue weighted by atomic mass is 10.4. The van der Waals surface area contributed by atoms with E-state index in [-0.39, 0.29) is 5.69 Å². The van der Waals surface area contributed by atoms with E-state index in [1.54, 1.807) is 0 Å². The summed E-state index contributed by atoms with van der Waals surface area (Å²) in [5.41, 5.74) is 4.56. The maximum absolute atomic E-state index is 10.1. The van der Waals surface area contributed by atoms with Crippen molar-refractivity contribution in [3.63, 3.8) is 0 Å². The van der Waals surface area contributed by atoms with Crippen molar-refractivity contribution in [3.05, 3.63) is 29.2 Å². The molecule has 0 saturated carbocycles. The molecule has 0 radical (unpaired) electrons. The van der Waals surface area contributed by atoms with Gasteiger partial charge in [-0.2, -0.15) is 5.01 Å². The van der Waals surface area contributed by atoms with Gasteiger partial charge in [0, 0.05) is 13.2 Å². The number of nitroso groups, excluding NO2 is 1. The highest BCUT2D eigenvalue weighted by Gasteiger charge is 1.99. The lowest BCUT2D eigenvalue weighted by molar-refractivity contribution is 0.0690. The van der Waals surface area contributed by atoms with Gasteiger partial charge in [0.05, 0.1) is 5.29 Å². The fourth-order valence-electron chi connectivity index (χ4n) is 0.457. The van der Waals surface area contributed by atoms with Gasteiger partial charge < -0.3 is 10.8 Å². The fourth-order valence-corrected chi connectivity index (χ4v) is 0.457. The minimum Gasteiger partial charge on any atom is -0.477 e. The number of aromatic nitrogens is 2. The molecule has 0 fully saturated rings. The number of aromatic carboxylic acids is 1. The molecule has 2 amide bonds. The number of hydrogen-bond donors (Lipinski definition) is 2. The van der Waals surface area contributed by atoms with Gasteiger partial charge in [0.25, 0.3) is 0 Å². The number of carbonyl (C=O) groups excluding carboxylic acids is 1. The first-order valence-electron chi connectivity index (χ1n) is 3.84. The van der Waals surface area contributed by atoms with E-state index in [0.29, 0.717) is 5.01 Å². The molecule has 0 aliphatic rings. The number of hydrogen-bond acceptors (Lipinski definition) is 6. The topological polar surface area (TPSA) is 139 Å². The Bertz CT molecular complexity index is 368. The van der Waals surface area contributed by atoms with Crippen LogP contribution in [0.1, 0.15) is 10.5 Å². The first kappa shape index (κ1) is 13.4. The SMILES string of the molecule is CN(N=O)C(N)=O.O=C(O)c1ccncn1. The van der Waals surface area contributed by atoms with E-state index < -0.39 is 12.0 Å². The molecule has 1 aromatic heterocycles. The normalized spacial score (nSPS) is 8.31. The third-order valence-electron chi connectivity index (χ3n) is 1.24. The van der Waals surface area contributed by atoms with Crippen molar-refractivity contribution < 1.29 is 14.7 Å². The molecule has 1 heterocycles. The van der Waals surface area contributed by atoms with Crippen molar-refractivity contribution in [1.29, 1.82) is 0 Å². The molecule has 9 nitrogen and oxygen atoms in total. The number of carboxylic acids is 1. The average molecular weight is 227 g/mol. The molecule has 0 saturated heterocycles. The van der Waals surface area contributed by atoms with Crippen LogP contribution in [0.3, 0.4) is 0 Å². The van der Waals surface area contributed by atoms with E-state index in [4.69, 9.17) is 5.11 Å². The Kier molecular flexibility index (Phi) is 5.71. The molecule has 9 heteroatoms. The van der Waals surface area contributed by atoms with Gasteiger partial charge in [-0.1, -0.05) is 0 Å². The molecule has 16 heavy (non-hydrogen) atoms. The van der Waals surface area contributed by atoms with Crippen LogP contribution in [0.5, 0.6) is 0 Å². The lowest BCUT2D eigenvalue weighted by Gasteiger charge is -1.97. The van der Waals surface area contributed by atoms with E-state index in [2.05, 4.69) is 21.0 Å². The molecule has 0 aliphatic heterocycles. The molecule has 3 N–H and O–H groups in total. The van der Waals surface area contributed by atoms with Crippen LogP contribution in [0.25, 0.3) is 0 Å². The van der Waals surface area contributed by atoms with E-state index in [1.807, 2.05) is 0 Å². The number of nitrogens with two attached hydrogens (primary N) is 1. The molecule has 0 aliphatic carbocycles. The van der Waals surface area contributed by atoms with Gasteiger partial charge in [-0.3, -0.25) is 0 Å². The van der Waals surface area contributed by atoms with Crippen LogP contribution < -0.4 is 5.73 Å². The van der Waals surface area contributed by atoms with Gasteiger partial charge >= 0.3 is 12.0 Å². The van der Waals surface area contributed by atoms with Crippen LogP contribution in [0.4, 0.5) is 4.79 Å². The molecule has 0 atom stereocenters. The molecule has 0 unspecified atom stereocenters. The molecule has 0 bridgehead atoms. The van der Waals surface area contributed by atoms with Crippen LogP contribution >= 0.6 is 0 Å². The van der Waals surface area contributed by atoms with E-state index >= 15 is 0 Å². The summed E-state index contributed by atoms with van der Waals surface area (Å²) in [5.74, 6) is -1.03. The molecular formula is C7H9N5O4. The first-order valence-corrected chi connectivity index (χ1v) is 3.84. The number of amides is 2. The monoisotopic (exact) mass is 227 g/mol. The van der Waals surface area contributed by atoms with E-state index in [9.17, 15) is 14.5 Å². The second kappa shape index (κ2) is 6.81. The van der Waals surface area contributed by atoms with E-state index in [1.165, 1.54) is 25.6 Å². The minimum atomic E-state index is -1.03. The predicted molar refractivity (Wildman–Crippen MR) is 52.1 cm³/mol. The summed E-state index contributed by atoms with van der Waals surface area (Å²) in [6, 6.07) is 0.484. The van der Waals surface area contributed by atoms with Gasteiger partial charge in [-0.25, -0.2) is 19.6 Å². The van der Waals surface area contributed by atoms with Crippen LogP contribution in [0.15, 0.2) is 23.9 Å². The number of nitrogens with zero attached hydrogens (tertiary/aromatic N) is 4. The Morgan fingerprint density at radius 2 is 2.19 bits per heavy atom. The molecule has 0 aromatic carbocycles. The average Bonchev–Trinajstić information content (AvgIpc) is 2.29. The van der Waals surface area contributed by atoms with Crippen molar-refractivity contribution in [2.45, 2.75) is 0 Å². The van der Waals surface area contributed by atoms with Crippen molar-refractivity contribution in [1.82, 2.24) is 15.0 Å². The highest BCUT2D eigenvalue weighted by Crippen LogP contribution is 1.87. The molecule has 1 aromatic rings. The zero-order valence-electron chi connectivity index (χ0n) is 8.27. The number of rotatable bonds is 2.